The smallest absolute Gasteiger partial charge is 0.322 e. The van der Waals surface area contributed by atoms with Gasteiger partial charge in [0.25, 0.3) is 5.89 Å². The first-order chi connectivity index (χ1) is 11.7. The predicted molar refractivity (Wildman–Crippen MR) is 95.2 cm³/mol. The van der Waals surface area contributed by atoms with Gasteiger partial charge in [0.2, 0.25) is 5.91 Å². The first kappa shape index (κ1) is 16.5. The summed E-state index contributed by atoms with van der Waals surface area (Å²) in [5.41, 5.74) is 0.631. The van der Waals surface area contributed by atoms with Crippen molar-refractivity contribution >= 4 is 35.3 Å². The van der Waals surface area contributed by atoms with E-state index in [9.17, 15) is 4.79 Å². The van der Waals surface area contributed by atoms with E-state index in [-0.39, 0.29) is 17.8 Å². The predicted octanol–water partition coefficient (Wildman–Crippen LogP) is 4.51. The normalized spacial score (nSPS) is 10.5. The maximum absolute atomic E-state index is 11.9. The summed E-state index contributed by atoms with van der Waals surface area (Å²) in [6, 6.07) is 17.1. The van der Waals surface area contributed by atoms with E-state index < -0.39 is 0 Å². The largest absolute Gasteiger partial charge is 0.403 e. The molecule has 0 spiro atoms. The van der Waals surface area contributed by atoms with Crippen LogP contribution in [0.4, 0.5) is 6.01 Å². The second kappa shape index (κ2) is 7.99. The maximum Gasteiger partial charge on any atom is 0.322 e. The van der Waals surface area contributed by atoms with Crippen LogP contribution in [0.1, 0.15) is 6.42 Å². The van der Waals surface area contributed by atoms with E-state index >= 15 is 0 Å². The number of amides is 1. The van der Waals surface area contributed by atoms with E-state index in [1.54, 1.807) is 23.9 Å². The van der Waals surface area contributed by atoms with Gasteiger partial charge in [-0.3, -0.25) is 10.1 Å². The zero-order valence-electron chi connectivity index (χ0n) is 12.6. The van der Waals surface area contributed by atoms with E-state index in [4.69, 9.17) is 16.0 Å². The van der Waals surface area contributed by atoms with Gasteiger partial charge in [0.05, 0.1) is 10.6 Å². The van der Waals surface area contributed by atoms with Crippen molar-refractivity contribution < 1.29 is 9.21 Å². The Kier molecular flexibility index (Phi) is 5.51. The topological polar surface area (TPSA) is 68.0 Å². The number of rotatable bonds is 6. The van der Waals surface area contributed by atoms with Crippen molar-refractivity contribution in [1.82, 2.24) is 10.2 Å². The van der Waals surface area contributed by atoms with Crippen LogP contribution >= 0.6 is 23.4 Å². The average Bonchev–Trinajstić information content (AvgIpc) is 3.04. The molecule has 0 aliphatic heterocycles. The summed E-state index contributed by atoms with van der Waals surface area (Å²) in [7, 11) is 0. The van der Waals surface area contributed by atoms with Crippen LogP contribution in [-0.2, 0) is 4.79 Å². The second-order valence-corrected chi connectivity index (χ2v) is 6.43. The second-order valence-electron chi connectivity index (χ2n) is 4.85. The molecule has 0 unspecified atom stereocenters. The van der Waals surface area contributed by atoms with Crippen LogP contribution in [-0.4, -0.2) is 21.9 Å². The lowest BCUT2D eigenvalue weighted by Crippen LogP contribution is -2.12. The van der Waals surface area contributed by atoms with Gasteiger partial charge in [0, 0.05) is 17.1 Å². The molecule has 0 bridgehead atoms. The summed E-state index contributed by atoms with van der Waals surface area (Å²) in [5.74, 6) is 0.767. The van der Waals surface area contributed by atoms with Gasteiger partial charge in [0.15, 0.2) is 0 Å². The highest BCUT2D eigenvalue weighted by Crippen LogP contribution is 2.27. The number of nitrogens with one attached hydrogen (secondary N) is 1. The maximum atomic E-state index is 11.9. The fraction of sp³-hybridized carbons (Fsp3) is 0.118. The molecule has 0 radical (unpaired) electrons. The van der Waals surface area contributed by atoms with Gasteiger partial charge < -0.3 is 4.42 Å². The standard InChI is InChI=1S/C17H14ClN3O2S/c18-14-9-5-4-8-13(14)16-20-21-17(23-16)19-15(22)10-11-24-12-6-2-1-3-7-12/h1-9H,10-11H2,(H,19,21,22). The number of thioether (sulfide) groups is 1. The molecule has 0 aliphatic rings. The summed E-state index contributed by atoms with van der Waals surface area (Å²) in [4.78, 5) is 13.1. The summed E-state index contributed by atoms with van der Waals surface area (Å²) in [6.07, 6.45) is 0.351. The minimum atomic E-state index is -0.173. The summed E-state index contributed by atoms with van der Waals surface area (Å²) >= 11 is 7.70. The molecule has 5 nitrogen and oxygen atoms in total. The van der Waals surface area contributed by atoms with Crippen LogP contribution < -0.4 is 5.32 Å². The Morgan fingerprint density at radius 1 is 1.08 bits per heavy atom. The van der Waals surface area contributed by atoms with Gasteiger partial charge in [-0.25, -0.2) is 0 Å². The van der Waals surface area contributed by atoms with Gasteiger partial charge in [-0.2, -0.15) is 0 Å². The summed E-state index contributed by atoms with van der Waals surface area (Å²) in [6.45, 7) is 0. The first-order valence-corrected chi connectivity index (χ1v) is 8.65. The molecule has 3 aromatic rings. The number of aromatic nitrogens is 2. The lowest BCUT2D eigenvalue weighted by molar-refractivity contribution is -0.115. The number of carbonyl (C=O) groups is 1. The van der Waals surface area contributed by atoms with Gasteiger partial charge in [-0.05, 0) is 24.3 Å². The van der Waals surface area contributed by atoms with Crippen molar-refractivity contribution in [3.8, 4) is 11.5 Å². The Bertz CT molecular complexity index is 823. The third-order valence-corrected chi connectivity index (χ3v) is 4.46. The molecule has 0 saturated heterocycles. The minimum Gasteiger partial charge on any atom is -0.403 e. The average molecular weight is 360 g/mol. The Balaban J connectivity index is 1.53. The van der Waals surface area contributed by atoms with Gasteiger partial charge in [-0.15, -0.1) is 16.9 Å². The van der Waals surface area contributed by atoms with Crippen molar-refractivity contribution in [3.63, 3.8) is 0 Å². The molecule has 0 aliphatic carbocycles. The number of benzene rings is 2. The van der Waals surface area contributed by atoms with Gasteiger partial charge in [-0.1, -0.05) is 47.0 Å². The molecule has 0 saturated carbocycles. The molecule has 1 aromatic heterocycles. The third kappa shape index (κ3) is 4.37. The van der Waals surface area contributed by atoms with Crippen LogP contribution in [0.5, 0.6) is 0 Å². The molecule has 0 atom stereocenters. The van der Waals surface area contributed by atoms with Gasteiger partial charge in [0.1, 0.15) is 0 Å². The van der Waals surface area contributed by atoms with Crippen LogP contribution in [0.15, 0.2) is 63.9 Å². The monoisotopic (exact) mass is 359 g/mol. The Morgan fingerprint density at radius 3 is 2.62 bits per heavy atom. The van der Waals surface area contributed by atoms with Crippen molar-refractivity contribution in [2.75, 3.05) is 11.1 Å². The molecule has 3 rings (SSSR count). The van der Waals surface area contributed by atoms with E-state index in [1.165, 1.54) is 0 Å². The van der Waals surface area contributed by atoms with Crippen LogP contribution in [0.3, 0.4) is 0 Å². The fourth-order valence-electron chi connectivity index (χ4n) is 1.98. The number of carbonyl (C=O) groups excluding carboxylic acids is 1. The highest BCUT2D eigenvalue weighted by atomic mass is 35.5. The lowest BCUT2D eigenvalue weighted by atomic mass is 10.2. The van der Waals surface area contributed by atoms with E-state index in [2.05, 4.69) is 15.5 Å². The number of nitrogens with zero attached hydrogens (tertiary/aromatic N) is 2. The third-order valence-electron chi connectivity index (χ3n) is 3.12. The van der Waals surface area contributed by atoms with Crippen molar-refractivity contribution in [2.45, 2.75) is 11.3 Å². The van der Waals surface area contributed by atoms with E-state index in [0.29, 0.717) is 22.8 Å². The Hall–Kier alpha value is -2.31. The molecule has 122 valence electrons. The van der Waals surface area contributed by atoms with Crippen molar-refractivity contribution in [3.05, 3.63) is 59.6 Å². The van der Waals surface area contributed by atoms with E-state index in [0.717, 1.165) is 4.90 Å². The minimum absolute atomic E-state index is 0.0691. The summed E-state index contributed by atoms with van der Waals surface area (Å²) in [5, 5.41) is 10.8. The van der Waals surface area contributed by atoms with Crippen LogP contribution in [0, 0.1) is 0 Å². The molecule has 2 aromatic carbocycles. The molecule has 1 N–H and O–H groups in total. The van der Waals surface area contributed by atoms with Crippen LogP contribution in [0.2, 0.25) is 5.02 Å². The Morgan fingerprint density at radius 2 is 1.83 bits per heavy atom. The lowest BCUT2D eigenvalue weighted by Gasteiger charge is -2.01. The molecule has 7 heteroatoms. The van der Waals surface area contributed by atoms with Crippen LogP contribution in [0.25, 0.3) is 11.5 Å². The Labute approximate surface area is 148 Å². The van der Waals surface area contributed by atoms with Crippen molar-refractivity contribution in [1.29, 1.82) is 0 Å². The highest BCUT2D eigenvalue weighted by molar-refractivity contribution is 7.99. The van der Waals surface area contributed by atoms with Crippen molar-refractivity contribution in [2.24, 2.45) is 0 Å². The quantitative estimate of drug-likeness (QED) is 0.656. The number of anilines is 1. The molecule has 1 amide bonds. The molecule has 24 heavy (non-hydrogen) atoms. The molecular formula is C17H14ClN3O2S. The van der Waals surface area contributed by atoms with E-state index in [1.807, 2.05) is 42.5 Å². The van der Waals surface area contributed by atoms with Gasteiger partial charge >= 0.3 is 6.01 Å². The number of halogens is 1. The number of hydrogen-bond acceptors (Lipinski definition) is 5. The molecular weight excluding hydrogens is 346 g/mol. The SMILES string of the molecule is O=C(CCSc1ccccc1)Nc1nnc(-c2ccccc2Cl)o1. The molecule has 1 heterocycles. The fourth-order valence-corrected chi connectivity index (χ4v) is 3.07. The zero-order valence-corrected chi connectivity index (χ0v) is 14.2. The zero-order chi connectivity index (χ0) is 16.8. The first-order valence-electron chi connectivity index (χ1n) is 7.28. The number of hydrogen-bond donors (Lipinski definition) is 1. The highest BCUT2D eigenvalue weighted by Gasteiger charge is 2.13. The summed E-state index contributed by atoms with van der Waals surface area (Å²) < 4.78 is 5.44. The molecule has 0 fully saturated rings.